The molecule has 20 heavy (non-hydrogen) atoms. The second kappa shape index (κ2) is 5.28. The summed E-state index contributed by atoms with van der Waals surface area (Å²) in [6.45, 7) is 0. The highest BCUT2D eigenvalue weighted by atomic mass is 79.9. The van der Waals surface area contributed by atoms with Gasteiger partial charge in [0.05, 0.1) is 0 Å². The van der Waals surface area contributed by atoms with Crippen molar-refractivity contribution in [1.82, 2.24) is 4.98 Å². The summed E-state index contributed by atoms with van der Waals surface area (Å²) in [5.74, 6) is 0.225. The van der Waals surface area contributed by atoms with Crippen molar-refractivity contribution in [3.63, 3.8) is 0 Å². The summed E-state index contributed by atoms with van der Waals surface area (Å²) in [6.07, 6.45) is 8.06. The molecule has 0 N–H and O–H groups in total. The van der Waals surface area contributed by atoms with E-state index in [-0.39, 0.29) is 17.2 Å². The third kappa shape index (κ3) is 2.51. The Morgan fingerprint density at radius 1 is 1.10 bits per heavy atom. The number of piperidine rings is 1. The molecule has 1 aromatic heterocycles. The normalized spacial score (nSPS) is 22.4. The van der Waals surface area contributed by atoms with Gasteiger partial charge in [0.1, 0.15) is 5.82 Å². The Hall–Kier alpha value is -1.23. The van der Waals surface area contributed by atoms with Gasteiger partial charge >= 0.3 is 0 Å². The number of carbonyl (C=O) groups is 2. The van der Waals surface area contributed by atoms with Gasteiger partial charge in [0.25, 0.3) is 0 Å². The minimum Gasteiger partial charge on any atom is -0.274 e. The van der Waals surface area contributed by atoms with Crippen molar-refractivity contribution in [1.29, 1.82) is 0 Å². The molecule has 4 nitrogen and oxygen atoms in total. The van der Waals surface area contributed by atoms with Gasteiger partial charge in [-0.1, -0.05) is 35.2 Å². The largest absolute Gasteiger partial charge is 0.274 e. The predicted octanol–water partition coefficient (Wildman–Crippen LogP) is 3.45. The molecular formula is C15H17BrN2O2. The molecule has 1 saturated carbocycles. The summed E-state index contributed by atoms with van der Waals surface area (Å²) in [6, 6.07) is 3.50. The lowest BCUT2D eigenvalue weighted by atomic mass is 9.67. The molecule has 0 unspecified atom stereocenters. The van der Waals surface area contributed by atoms with Crippen LogP contribution >= 0.6 is 15.9 Å². The van der Waals surface area contributed by atoms with E-state index in [1.807, 2.05) is 0 Å². The van der Waals surface area contributed by atoms with Crippen molar-refractivity contribution < 1.29 is 9.59 Å². The molecule has 1 spiro atoms. The number of halogens is 1. The highest BCUT2D eigenvalue weighted by Gasteiger charge is 2.44. The number of imide groups is 1. The van der Waals surface area contributed by atoms with Crippen molar-refractivity contribution in [2.45, 2.75) is 44.9 Å². The number of aromatic nitrogens is 1. The zero-order valence-electron chi connectivity index (χ0n) is 11.3. The Morgan fingerprint density at radius 2 is 1.75 bits per heavy atom. The number of hydrogen-bond donors (Lipinski definition) is 0. The van der Waals surface area contributed by atoms with Crippen LogP contribution in [-0.4, -0.2) is 16.8 Å². The molecule has 2 aliphatic rings. The second-order valence-electron chi connectivity index (χ2n) is 5.87. The first-order valence-corrected chi connectivity index (χ1v) is 7.86. The fourth-order valence-corrected chi connectivity index (χ4v) is 3.75. The highest BCUT2D eigenvalue weighted by molar-refractivity contribution is 9.10. The second-order valence-corrected chi connectivity index (χ2v) is 6.79. The molecule has 0 bridgehead atoms. The highest BCUT2D eigenvalue weighted by Crippen LogP contribution is 2.45. The Labute approximate surface area is 126 Å². The maximum absolute atomic E-state index is 12.4. The standard InChI is InChI=1S/C15H17BrN2O2/c16-11-4-7-17-12(8-11)18-13(19)9-15(10-14(18)20)5-2-1-3-6-15/h4,7-8H,1-3,5-6,9-10H2. The van der Waals surface area contributed by atoms with Crippen LogP contribution in [0, 0.1) is 5.41 Å². The van der Waals surface area contributed by atoms with Crippen LogP contribution in [0.5, 0.6) is 0 Å². The van der Waals surface area contributed by atoms with Crippen molar-refractivity contribution in [3.8, 4) is 0 Å². The third-order valence-electron chi connectivity index (χ3n) is 4.40. The summed E-state index contributed by atoms with van der Waals surface area (Å²) in [5, 5.41) is 0. The first kappa shape index (κ1) is 13.7. The van der Waals surface area contributed by atoms with E-state index in [9.17, 15) is 9.59 Å². The van der Waals surface area contributed by atoms with Gasteiger partial charge in [-0.05, 0) is 30.4 Å². The molecule has 2 fully saturated rings. The molecule has 1 aromatic rings. The zero-order chi connectivity index (χ0) is 14.2. The summed E-state index contributed by atoms with van der Waals surface area (Å²) in [5.41, 5.74) is -0.0745. The van der Waals surface area contributed by atoms with Crippen LogP contribution in [0.1, 0.15) is 44.9 Å². The van der Waals surface area contributed by atoms with E-state index >= 15 is 0 Å². The van der Waals surface area contributed by atoms with Gasteiger partial charge in [-0.25, -0.2) is 9.88 Å². The van der Waals surface area contributed by atoms with Crippen LogP contribution in [0.25, 0.3) is 0 Å². The molecular weight excluding hydrogens is 320 g/mol. The lowest BCUT2D eigenvalue weighted by Crippen LogP contribution is -2.49. The monoisotopic (exact) mass is 336 g/mol. The molecule has 3 rings (SSSR count). The lowest BCUT2D eigenvalue weighted by molar-refractivity contribution is -0.134. The third-order valence-corrected chi connectivity index (χ3v) is 4.90. The van der Waals surface area contributed by atoms with Gasteiger partial charge in [0, 0.05) is 23.5 Å². The van der Waals surface area contributed by atoms with Gasteiger partial charge in [-0.15, -0.1) is 0 Å². The van der Waals surface area contributed by atoms with E-state index in [0.29, 0.717) is 18.7 Å². The topological polar surface area (TPSA) is 50.3 Å². The van der Waals surface area contributed by atoms with Crippen molar-refractivity contribution in [2.75, 3.05) is 4.90 Å². The number of anilines is 1. The van der Waals surface area contributed by atoms with E-state index in [4.69, 9.17) is 0 Å². The van der Waals surface area contributed by atoms with Crippen LogP contribution in [0.4, 0.5) is 5.82 Å². The lowest BCUT2D eigenvalue weighted by Gasteiger charge is -2.42. The molecule has 2 amide bonds. The Balaban J connectivity index is 1.86. The minimum absolute atomic E-state index is 0.0745. The molecule has 2 heterocycles. The van der Waals surface area contributed by atoms with Crippen LogP contribution < -0.4 is 4.90 Å². The van der Waals surface area contributed by atoms with Gasteiger partial charge in [0.15, 0.2) is 0 Å². The van der Waals surface area contributed by atoms with E-state index in [1.165, 1.54) is 11.3 Å². The van der Waals surface area contributed by atoms with Crippen LogP contribution in [0.2, 0.25) is 0 Å². The fraction of sp³-hybridized carbons (Fsp3) is 0.533. The van der Waals surface area contributed by atoms with E-state index in [2.05, 4.69) is 20.9 Å². The SMILES string of the molecule is O=C1CC2(CCCCC2)CC(=O)N1c1cc(Br)ccn1. The fourth-order valence-electron chi connectivity index (χ4n) is 3.43. The first-order chi connectivity index (χ1) is 9.60. The number of rotatable bonds is 1. The molecule has 5 heteroatoms. The number of pyridine rings is 1. The number of amides is 2. The van der Waals surface area contributed by atoms with E-state index in [0.717, 1.165) is 30.2 Å². The van der Waals surface area contributed by atoms with Gasteiger partial charge in [0.2, 0.25) is 11.8 Å². The Morgan fingerprint density at radius 3 is 2.35 bits per heavy atom. The number of carbonyl (C=O) groups excluding carboxylic acids is 2. The van der Waals surface area contributed by atoms with Crippen LogP contribution in [0.15, 0.2) is 22.8 Å². The van der Waals surface area contributed by atoms with Gasteiger partial charge < -0.3 is 0 Å². The minimum atomic E-state index is -0.103. The van der Waals surface area contributed by atoms with Crippen molar-refractivity contribution in [3.05, 3.63) is 22.8 Å². The molecule has 0 radical (unpaired) electrons. The molecule has 1 aliphatic heterocycles. The summed E-state index contributed by atoms with van der Waals surface area (Å²) in [4.78, 5) is 30.3. The molecule has 106 valence electrons. The maximum atomic E-state index is 12.4. The number of hydrogen-bond acceptors (Lipinski definition) is 3. The van der Waals surface area contributed by atoms with E-state index < -0.39 is 0 Å². The summed E-state index contributed by atoms with van der Waals surface area (Å²) in [7, 11) is 0. The molecule has 1 aliphatic carbocycles. The summed E-state index contributed by atoms with van der Waals surface area (Å²) >= 11 is 3.35. The quantitative estimate of drug-likeness (QED) is 0.738. The average molecular weight is 337 g/mol. The Bertz CT molecular complexity index is 533. The van der Waals surface area contributed by atoms with Gasteiger partial charge in [-0.2, -0.15) is 0 Å². The molecule has 0 atom stereocenters. The van der Waals surface area contributed by atoms with E-state index in [1.54, 1.807) is 18.3 Å². The van der Waals surface area contributed by atoms with Crippen molar-refractivity contribution >= 4 is 33.6 Å². The van der Waals surface area contributed by atoms with Crippen molar-refractivity contribution in [2.24, 2.45) is 5.41 Å². The average Bonchev–Trinajstić information content (AvgIpc) is 2.38. The van der Waals surface area contributed by atoms with Crippen LogP contribution in [0.3, 0.4) is 0 Å². The maximum Gasteiger partial charge on any atom is 0.235 e. The molecule has 0 aromatic carbocycles. The number of nitrogens with zero attached hydrogens (tertiary/aromatic N) is 2. The smallest absolute Gasteiger partial charge is 0.235 e. The first-order valence-electron chi connectivity index (χ1n) is 7.07. The molecule has 1 saturated heterocycles. The summed E-state index contributed by atoms with van der Waals surface area (Å²) < 4.78 is 0.820. The Kier molecular flexibility index (Phi) is 3.63. The van der Waals surface area contributed by atoms with Crippen LogP contribution in [-0.2, 0) is 9.59 Å². The zero-order valence-corrected chi connectivity index (χ0v) is 12.9. The van der Waals surface area contributed by atoms with Gasteiger partial charge in [-0.3, -0.25) is 9.59 Å². The predicted molar refractivity (Wildman–Crippen MR) is 79.2 cm³/mol.